The molecule has 1 amide bonds. The monoisotopic (exact) mass is 183 g/mol. The van der Waals surface area contributed by atoms with Crippen LogP contribution >= 0.6 is 0 Å². The molecule has 1 N–H and O–H groups in total. The normalized spacial score (nSPS) is 29.9. The van der Waals surface area contributed by atoms with Crippen molar-refractivity contribution >= 4 is 5.91 Å². The second-order valence-corrected chi connectivity index (χ2v) is 3.80. The van der Waals surface area contributed by atoms with Crippen LogP contribution in [0.3, 0.4) is 0 Å². The van der Waals surface area contributed by atoms with Gasteiger partial charge in [-0.2, -0.15) is 0 Å². The second kappa shape index (κ2) is 3.64. The zero-order valence-corrected chi connectivity index (χ0v) is 8.12. The zero-order valence-electron chi connectivity index (χ0n) is 8.12. The Kier molecular flexibility index (Phi) is 2.51. The number of hydrogen-bond acceptors (Lipinski definition) is 3. The molecule has 2 aliphatic rings. The van der Waals surface area contributed by atoms with E-state index in [1.807, 2.05) is 4.90 Å². The summed E-state index contributed by atoms with van der Waals surface area (Å²) < 4.78 is 0. The van der Waals surface area contributed by atoms with Gasteiger partial charge in [0.15, 0.2) is 0 Å². The van der Waals surface area contributed by atoms with Crippen molar-refractivity contribution in [2.24, 2.45) is 0 Å². The fourth-order valence-corrected chi connectivity index (χ4v) is 1.93. The first-order valence-electron chi connectivity index (χ1n) is 5.00. The van der Waals surface area contributed by atoms with Crippen LogP contribution in [-0.2, 0) is 4.79 Å². The first kappa shape index (κ1) is 8.97. The van der Waals surface area contributed by atoms with Crippen molar-refractivity contribution in [3.05, 3.63) is 0 Å². The van der Waals surface area contributed by atoms with Crippen LogP contribution in [0.25, 0.3) is 0 Å². The number of rotatable bonds is 1. The van der Waals surface area contributed by atoms with Gasteiger partial charge in [0.05, 0.1) is 6.17 Å². The summed E-state index contributed by atoms with van der Waals surface area (Å²) in [6.07, 6.45) is 1.86. The summed E-state index contributed by atoms with van der Waals surface area (Å²) in [7, 11) is 0. The highest BCUT2D eigenvalue weighted by atomic mass is 16.2. The van der Waals surface area contributed by atoms with Crippen LogP contribution in [0.15, 0.2) is 0 Å². The Hall–Kier alpha value is -0.610. The van der Waals surface area contributed by atoms with E-state index in [1.54, 1.807) is 6.92 Å². The molecule has 0 radical (unpaired) electrons. The van der Waals surface area contributed by atoms with E-state index in [9.17, 15) is 4.79 Å². The zero-order chi connectivity index (χ0) is 9.26. The molecule has 0 saturated carbocycles. The van der Waals surface area contributed by atoms with Crippen LogP contribution in [0.2, 0.25) is 0 Å². The molecular weight excluding hydrogens is 166 g/mol. The third-order valence-electron chi connectivity index (χ3n) is 3.00. The number of carbonyl (C=O) groups excluding carboxylic acids is 1. The minimum Gasteiger partial charge on any atom is -0.340 e. The number of hydrogen-bond donors (Lipinski definition) is 1. The molecule has 2 saturated heterocycles. The summed E-state index contributed by atoms with van der Waals surface area (Å²) in [6.45, 7) is 6.64. The van der Waals surface area contributed by atoms with Crippen molar-refractivity contribution in [2.75, 3.05) is 32.7 Å². The van der Waals surface area contributed by atoms with Crippen molar-refractivity contribution in [1.29, 1.82) is 0 Å². The summed E-state index contributed by atoms with van der Waals surface area (Å²) in [5.41, 5.74) is 0. The molecule has 4 nitrogen and oxygen atoms in total. The molecule has 1 atom stereocenters. The molecule has 4 heteroatoms. The third-order valence-corrected chi connectivity index (χ3v) is 3.00. The van der Waals surface area contributed by atoms with E-state index in [-0.39, 0.29) is 5.91 Å². The van der Waals surface area contributed by atoms with Gasteiger partial charge in [-0.1, -0.05) is 0 Å². The number of amides is 1. The van der Waals surface area contributed by atoms with Crippen LogP contribution < -0.4 is 5.32 Å². The Labute approximate surface area is 78.9 Å². The van der Waals surface area contributed by atoms with Crippen LogP contribution in [0.4, 0.5) is 0 Å². The molecular formula is C9H17N3O. The van der Waals surface area contributed by atoms with E-state index in [1.165, 1.54) is 6.42 Å². The van der Waals surface area contributed by atoms with Crippen LogP contribution in [0, 0.1) is 0 Å². The maximum absolute atomic E-state index is 11.1. The lowest BCUT2D eigenvalue weighted by Gasteiger charge is -2.43. The molecule has 2 aliphatic heterocycles. The van der Waals surface area contributed by atoms with E-state index in [0.717, 1.165) is 32.7 Å². The van der Waals surface area contributed by atoms with Gasteiger partial charge in [0, 0.05) is 33.1 Å². The van der Waals surface area contributed by atoms with E-state index >= 15 is 0 Å². The highest BCUT2D eigenvalue weighted by Gasteiger charge is 2.27. The standard InChI is InChI=1S/C9H17N3O/c1-8(13)11-4-6-12(7-5-11)9-2-3-10-9/h9-10H,2-7H2,1H3. The van der Waals surface area contributed by atoms with Gasteiger partial charge < -0.3 is 10.2 Å². The quantitative estimate of drug-likeness (QED) is 0.593. The smallest absolute Gasteiger partial charge is 0.219 e. The predicted molar refractivity (Wildman–Crippen MR) is 50.2 cm³/mol. The largest absolute Gasteiger partial charge is 0.340 e. The van der Waals surface area contributed by atoms with Crippen molar-refractivity contribution in [2.45, 2.75) is 19.5 Å². The van der Waals surface area contributed by atoms with Gasteiger partial charge in [-0.05, 0) is 13.0 Å². The van der Waals surface area contributed by atoms with E-state index in [4.69, 9.17) is 0 Å². The minimum atomic E-state index is 0.209. The highest BCUT2D eigenvalue weighted by molar-refractivity contribution is 5.73. The SMILES string of the molecule is CC(=O)N1CCN(C2CCN2)CC1. The Bertz CT molecular complexity index is 195. The van der Waals surface area contributed by atoms with Gasteiger partial charge in [0.2, 0.25) is 5.91 Å². The number of nitrogens with zero attached hydrogens (tertiary/aromatic N) is 2. The summed E-state index contributed by atoms with van der Waals surface area (Å²) >= 11 is 0. The molecule has 1 unspecified atom stereocenters. The molecule has 2 fully saturated rings. The molecule has 0 aromatic rings. The third kappa shape index (κ3) is 1.84. The van der Waals surface area contributed by atoms with Gasteiger partial charge >= 0.3 is 0 Å². The van der Waals surface area contributed by atoms with E-state index in [2.05, 4.69) is 10.2 Å². The fourth-order valence-electron chi connectivity index (χ4n) is 1.93. The average molecular weight is 183 g/mol. The highest BCUT2D eigenvalue weighted by Crippen LogP contribution is 2.11. The molecule has 13 heavy (non-hydrogen) atoms. The van der Waals surface area contributed by atoms with Crippen LogP contribution in [0.5, 0.6) is 0 Å². The summed E-state index contributed by atoms with van der Waals surface area (Å²) in [6, 6.07) is 0. The summed E-state index contributed by atoms with van der Waals surface area (Å²) in [4.78, 5) is 15.4. The lowest BCUT2D eigenvalue weighted by atomic mass is 10.1. The van der Waals surface area contributed by atoms with Gasteiger partial charge in [-0.15, -0.1) is 0 Å². The van der Waals surface area contributed by atoms with Crippen molar-refractivity contribution in [3.63, 3.8) is 0 Å². The molecule has 0 aromatic heterocycles. The van der Waals surface area contributed by atoms with Gasteiger partial charge in [-0.3, -0.25) is 9.69 Å². The molecule has 2 heterocycles. The lowest BCUT2D eigenvalue weighted by molar-refractivity contribution is -0.131. The van der Waals surface area contributed by atoms with Crippen LogP contribution in [-0.4, -0.2) is 54.6 Å². The minimum absolute atomic E-state index is 0.209. The number of carbonyl (C=O) groups is 1. The van der Waals surface area contributed by atoms with Gasteiger partial charge in [-0.25, -0.2) is 0 Å². The Balaban J connectivity index is 1.78. The predicted octanol–water partition coefficient (Wildman–Crippen LogP) is -0.530. The Morgan fingerprint density at radius 2 is 1.92 bits per heavy atom. The topological polar surface area (TPSA) is 35.6 Å². The van der Waals surface area contributed by atoms with E-state index < -0.39 is 0 Å². The summed E-state index contributed by atoms with van der Waals surface area (Å²) in [5, 5.41) is 3.38. The fraction of sp³-hybridized carbons (Fsp3) is 0.889. The first-order valence-corrected chi connectivity index (χ1v) is 5.00. The van der Waals surface area contributed by atoms with Gasteiger partial charge in [0.1, 0.15) is 0 Å². The summed E-state index contributed by atoms with van der Waals surface area (Å²) in [5.74, 6) is 0.209. The lowest BCUT2D eigenvalue weighted by Crippen LogP contribution is -2.60. The molecule has 74 valence electrons. The van der Waals surface area contributed by atoms with Crippen LogP contribution in [0.1, 0.15) is 13.3 Å². The number of nitrogens with one attached hydrogen (secondary N) is 1. The van der Waals surface area contributed by atoms with Crippen molar-refractivity contribution < 1.29 is 4.79 Å². The molecule has 0 aromatic carbocycles. The maximum atomic E-state index is 11.1. The molecule has 2 rings (SSSR count). The number of piperazine rings is 1. The Morgan fingerprint density at radius 3 is 2.31 bits per heavy atom. The Morgan fingerprint density at radius 1 is 1.31 bits per heavy atom. The van der Waals surface area contributed by atoms with E-state index in [0.29, 0.717) is 6.17 Å². The maximum Gasteiger partial charge on any atom is 0.219 e. The molecule has 0 bridgehead atoms. The average Bonchev–Trinajstić information content (AvgIpc) is 2.02. The molecule has 0 spiro atoms. The van der Waals surface area contributed by atoms with Crippen molar-refractivity contribution in [3.8, 4) is 0 Å². The first-order chi connectivity index (χ1) is 6.27. The second-order valence-electron chi connectivity index (χ2n) is 3.80. The van der Waals surface area contributed by atoms with Crippen molar-refractivity contribution in [1.82, 2.24) is 15.1 Å². The molecule has 0 aliphatic carbocycles. The van der Waals surface area contributed by atoms with Gasteiger partial charge in [0.25, 0.3) is 0 Å².